The van der Waals surface area contributed by atoms with E-state index in [-0.39, 0.29) is 6.54 Å². The highest BCUT2D eigenvalue weighted by atomic mass is 19.4. The van der Waals surface area contributed by atoms with Crippen LogP contribution in [0.3, 0.4) is 0 Å². The van der Waals surface area contributed by atoms with Gasteiger partial charge in [-0.05, 0) is 16.3 Å². The molecule has 0 saturated carbocycles. The molecule has 0 aliphatic carbocycles. The molecular weight excluding hydrogens is 305 g/mol. The third kappa shape index (κ3) is 3.34. The van der Waals surface area contributed by atoms with Gasteiger partial charge in [-0.2, -0.15) is 18.4 Å². The average Bonchev–Trinajstić information content (AvgIpc) is 2.53. The van der Waals surface area contributed by atoms with Crippen molar-refractivity contribution >= 4 is 16.7 Å². The van der Waals surface area contributed by atoms with Crippen LogP contribution < -0.4 is 0 Å². The summed E-state index contributed by atoms with van der Waals surface area (Å²) in [4.78, 5) is 12.1. The molecule has 0 bridgehead atoms. The van der Waals surface area contributed by atoms with Gasteiger partial charge in [0.25, 0.3) is 0 Å². The number of amides is 1. The molecule has 2 aromatic carbocycles. The first-order valence-electron chi connectivity index (χ1n) is 6.76. The van der Waals surface area contributed by atoms with Crippen molar-refractivity contribution < 1.29 is 18.0 Å². The normalized spacial score (nSPS) is 12.4. The molecular formula is C17H13F3N2O. The van der Waals surface area contributed by atoms with Gasteiger partial charge in [0, 0.05) is 6.54 Å². The highest BCUT2D eigenvalue weighted by molar-refractivity contribution is 5.88. The smallest absolute Gasteiger partial charge is 0.311 e. The zero-order valence-electron chi connectivity index (χ0n) is 12.0. The Morgan fingerprint density at radius 3 is 2.52 bits per heavy atom. The predicted molar refractivity (Wildman–Crippen MR) is 80.3 cm³/mol. The van der Waals surface area contributed by atoms with Crippen LogP contribution in [0.4, 0.5) is 13.2 Å². The molecule has 0 radical (unpaired) electrons. The van der Waals surface area contributed by atoms with Gasteiger partial charge in [0.1, 0.15) is 6.04 Å². The van der Waals surface area contributed by atoms with E-state index in [0.29, 0.717) is 15.8 Å². The predicted octanol–water partition coefficient (Wildman–Crippen LogP) is 3.98. The quantitative estimate of drug-likeness (QED) is 0.800. The van der Waals surface area contributed by atoms with Crippen LogP contribution in [0.2, 0.25) is 0 Å². The summed E-state index contributed by atoms with van der Waals surface area (Å²) < 4.78 is 38.4. The second-order valence-electron chi connectivity index (χ2n) is 4.84. The van der Waals surface area contributed by atoms with Crippen molar-refractivity contribution in [3.63, 3.8) is 0 Å². The maximum Gasteiger partial charge on any atom is 0.471 e. The van der Waals surface area contributed by atoms with Crippen molar-refractivity contribution in [2.75, 3.05) is 6.54 Å². The molecule has 2 aromatic rings. The minimum atomic E-state index is -5.05. The van der Waals surface area contributed by atoms with E-state index in [1.807, 2.05) is 0 Å². The standard InChI is InChI=1S/C17H13F3N2O/c1-2-10-22(16(23)17(18,19)20)15(11-21)14-9-5-7-12-6-3-4-8-13(12)14/h2-9,15H,1,10H2/t15-/m1/s1. The van der Waals surface area contributed by atoms with Gasteiger partial charge < -0.3 is 4.90 Å². The molecule has 118 valence electrons. The number of hydrogen-bond donors (Lipinski definition) is 0. The second kappa shape index (κ2) is 6.53. The topological polar surface area (TPSA) is 44.1 Å². The Hall–Kier alpha value is -2.81. The lowest BCUT2D eigenvalue weighted by Crippen LogP contribution is -2.43. The first kappa shape index (κ1) is 16.6. The van der Waals surface area contributed by atoms with E-state index >= 15 is 0 Å². The zero-order valence-corrected chi connectivity index (χ0v) is 12.0. The minimum Gasteiger partial charge on any atom is -0.311 e. The molecule has 3 nitrogen and oxygen atoms in total. The molecule has 6 heteroatoms. The van der Waals surface area contributed by atoms with Crippen LogP contribution >= 0.6 is 0 Å². The van der Waals surface area contributed by atoms with Gasteiger partial charge in [0.2, 0.25) is 0 Å². The number of halogens is 3. The number of hydrogen-bond acceptors (Lipinski definition) is 2. The summed E-state index contributed by atoms with van der Waals surface area (Å²) >= 11 is 0. The van der Waals surface area contributed by atoms with Gasteiger partial charge >= 0.3 is 12.1 Å². The summed E-state index contributed by atoms with van der Waals surface area (Å²) in [6.07, 6.45) is -3.89. The van der Waals surface area contributed by atoms with Gasteiger partial charge in [0.15, 0.2) is 0 Å². The number of rotatable bonds is 4. The Bertz CT molecular complexity index is 772. The summed E-state index contributed by atoms with van der Waals surface area (Å²) in [5.41, 5.74) is 0.352. The molecule has 23 heavy (non-hydrogen) atoms. The summed E-state index contributed by atoms with van der Waals surface area (Å²) in [5.74, 6) is -2.06. The van der Waals surface area contributed by atoms with Crippen molar-refractivity contribution in [2.24, 2.45) is 0 Å². The molecule has 1 atom stereocenters. The lowest BCUT2D eigenvalue weighted by atomic mass is 9.98. The van der Waals surface area contributed by atoms with Gasteiger partial charge in [-0.15, -0.1) is 6.58 Å². The molecule has 0 aliphatic heterocycles. The van der Waals surface area contributed by atoms with E-state index in [2.05, 4.69) is 6.58 Å². The molecule has 0 saturated heterocycles. The first-order chi connectivity index (χ1) is 10.9. The number of carbonyl (C=O) groups excluding carboxylic acids is 1. The minimum absolute atomic E-state index is 0.352. The number of carbonyl (C=O) groups is 1. The van der Waals surface area contributed by atoms with Gasteiger partial charge in [-0.3, -0.25) is 4.79 Å². The SMILES string of the molecule is C=CCN(C(=O)C(F)(F)F)[C@H](C#N)c1cccc2ccccc12. The van der Waals surface area contributed by atoms with Crippen molar-refractivity contribution in [1.82, 2.24) is 4.90 Å². The second-order valence-corrected chi connectivity index (χ2v) is 4.84. The van der Waals surface area contributed by atoms with E-state index < -0.39 is 18.1 Å². The fourth-order valence-corrected chi connectivity index (χ4v) is 2.40. The Balaban J connectivity index is 2.57. The molecule has 0 aromatic heterocycles. The molecule has 0 unspecified atom stereocenters. The summed E-state index contributed by atoms with van der Waals surface area (Å²) in [7, 11) is 0. The van der Waals surface area contributed by atoms with Crippen molar-refractivity contribution in [3.8, 4) is 6.07 Å². The number of nitriles is 1. The van der Waals surface area contributed by atoms with E-state index in [9.17, 15) is 23.2 Å². The zero-order chi connectivity index (χ0) is 17.0. The first-order valence-corrected chi connectivity index (χ1v) is 6.76. The van der Waals surface area contributed by atoms with Crippen molar-refractivity contribution in [2.45, 2.75) is 12.2 Å². The van der Waals surface area contributed by atoms with Crippen molar-refractivity contribution in [3.05, 3.63) is 60.7 Å². The van der Waals surface area contributed by atoms with Crippen LogP contribution in [0.1, 0.15) is 11.6 Å². The Morgan fingerprint density at radius 1 is 1.26 bits per heavy atom. The van der Waals surface area contributed by atoms with Crippen LogP contribution in [-0.4, -0.2) is 23.5 Å². The van der Waals surface area contributed by atoms with Crippen LogP contribution in [0.25, 0.3) is 10.8 Å². The Kier molecular flexibility index (Phi) is 4.70. The fraction of sp³-hybridized carbons (Fsp3) is 0.176. The average molecular weight is 318 g/mol. The van der Waals surface area contributed by atoms with Crippen molar-refractivity contribution in [1.29, 1.82) is 5.26 Å². The third-order valence-corrected chi connectivity index (χ3v) is 3.38. The van der Waals surface area contributed by atoms with Crippen LogP contribution in [0.15, 0.2) is 55.1 Å². The monoisotopic (exact) mass is 318 g/mol. The van der Waals surface area contributed by atoms with E-state index in [1.54, 1.807) is 48.5 Å². The van der Waals surface area contributed by atoms with Gasteiger partial charge in [0.05, 0.1) is 6.07 Å². The van der Waals surface area contributed by atoms with Crippen LogP contribution in [0, 0.1) is 11.3 Å². The molecule has 0 fully saturated rings. The van der Waals surface area contributed by atoms with Gasteiger partial charge in [-0.1, -0.05) is 48.5 Å². The number of benzene rings is 2. The third-order valence-electron chi connectivity index (χ3n) is 3.38. The van der Waals surface area contributed by atoms with Crippen LogP contribution in [0.5, 0.6) is 0 Å². The molecule has 0 heterocycles. The molecule has 0 N–H and O–H groups in total. The molecule has 2 rings (SSSR count). The lowest BCUT2D eigenvalue weighted by molar-refractivity contribution is -0.186. The number of alkyl halides is 3. The summed E-state index contributed by atoms with van der Waals surface area (Å²) in [5, 5.41) is 10.8. The highest BCUT2D eigenvalue weighted by Crippen LogP contribution is 2.31. The number of fused-ring (bicyclic) bond motifs is 1. The van der Waals surface area contributed by atoms with Crippen LogP contribution in [-0.2, 0) is 4.79 Å². The molecule has 0 aliphatic rings. The lowest BCUT2D eigenvalue weighted by Gasteiger charge is -2.28. The highest BCUT2D eigenvalue weighted by Gasteiger charge is 2.44. The summed E-state index contributed by atoms with van der Waals surface area (Å²) in [6, 6.07) is 12.4. The molecule has 1 amide bonds. The maximum atomic E-state index is 12.8. The largest absolute Gasteiger partial charge is 0.471 e. The fourth-order valence-electron chi connectivity index (χ4n) is 2.40. The molecule has 0 spiro atoms. The maximum absolute atomic E-state index is 12.8. The van der Waals surface area contributed by atoms with Gasteiger partial charge in [-0.25, -0.2) is 0 Å². The van der Waals surface area contributed by atoms with E-state index in [1.165, 1.54) is 6.08 Å². The van der Waals surface area contributed by atoms with E-state index in [4.69, 9.17) is 0 Å². The van der Waals surface area contributed by atoms with E-state index in [0.717, 1.165) is 5.39 Å². The Labute approximate surface area is 131 Å². The Morgan fingerprint density at radius 2 is 1.91 bits per heavy atom. The number of nitrogens with zero attached hydrogens (tertiary/aromatic N) is 2. The summed E-state index contributed by atoms with van der Waals surface area (Å²) in [6.45, 7) is 2.99.